The summed E-state index contributed by atoms with van der Waals surface area (Å²) in [6.07, 6.45) is 4.10. The predicted molar refractivity (Wildman–Crippen MR) is 91.0 cm³/mol. The molecule has 0 aliphatic rings. The smallest absolute Gasteiger partial charge is 0.293 e. The number of nitrogen functional groups attached to an aromatic ring is 1. The molecular formula is C16H24N2O2Si. The summed E-state index contributed by atoms with van der Waals surface area (Å²) >= 11 is 0. The van der Waals surface area contributed by atoms with Gasteiger partial charge in [0.1, 0.15) is 13.8 Å². The van der Waals surface area contributed by atoms with Crippen LogP contribution in [-0.4, -0.2) is 13.0 Å². The van der Waals surface area contributed by atoms with E-state index in [0.717, 1.165) is 31.2 Å². The molecule has 0 bridgehead atoms. The van der Waals surface area contributed by atoms with E-state index in [-0.39, 0.29) is 11.4 Å². The first kappa shape index (κ1) is 17.2. The summed E-state index contributed by atoms with van der Waals surface area (Å²) in [6.45, 7) is 8.54. The molecule has 1 rings (SSSR count). The quantitative estimate of drug-likeness (QED) is 0.222. The van der Waals surface area contributed by atoms with Crippen LogP contribution in [0, 0.1) is 21.6 Å². The van der Waals surface area contributed by atoms with Crippen LogP contribution >= 0.6 is 0 Å². The third-order valence-corrected chi connectivity index (χ3v) is 3.93. The fourth-order valence-electron chi connectivity index (χ4n) is 1.93. The molecule has 0 saturated heterocycles. The number of nitrogens with zero attached hydrogens (tertiary/aromatic N) is 1. The summed E-state index contributed by atoms with van der Waals surface area (Å²) in [4.78, 5) is 10.7. The number of nitro benzene ring substituents is 1. The number of benzene rings is 1. The molecule has 4 nitrogen and oxygen atoms in total. The topological polar surface area (TPSA) is 69.2 Å². The highest BCUT2D eigenvalue weighted by Gasteiger charge is 2.17. The van der Waals surface area contributed by atoms with E-state index >= 15 is 0 Å². The number of nitrogens with two attached hydrogens (primary N) is 1. The van der Waals surface area contributed by atoms with Crippen LogP contribution < -0.4 is 5.73 Å². The van der Waals surface area contributed by atoms with Gasteiger partial charge in [-0.25, -0.2) is 0 Å². The molecule has 0 aromatic heterocycles. The monoisotopic (exact) mass is 304 g/mol. The number of anilines is 1. The van der Waals surface area contributed by atoms with Gasteiger partial charge < -0.3 is 5.73 Å². The maximum atomic E-state index is 11.1. The van der Waals surface area contributed by atoms with E-state index in [4.69, 9.17) is 5.73 Å². The van der Waals surface area contributed by atoms with Crippen molar-refractivity contribution in [3.05, 3.63) is 33.4 Å². The Morgan fingerprint density at radius 3 is 2.48 bits per heavy atom. The molecule has 0 unspecified atom stereocenters. The van der Waals surface area contributed by atoms with Crippen LogP contribution in [0.1, 0.15) is 37.3 Å². The molecule has 5 heteroatoms. The highest BCUT2D eigenvalue weighted by Crippen LogP contribution is 2.27. The molecule has 0 fully saturated rings. The summed E-state index contributed by atoms with van der Waals surface area (Å²) in [5, 5.41) is 11.1. The van der Waals surface area contributed by atoms with Gasteiger partial charge in [0, 0.05) is 6.07 Å². The first-order chi connectivity index (χ1) is 9.74. The zero-order valence-corrected chi connectivity index (χ0v) is 14.3. The van der Waals surface area contributed by atoms with Crippen molar-refractivity contribution in [3.8, 4) is 11.5 Å². The second kappa shape index (κ2) is 7.28. The van der Waals surface area contributed by atoms with Crippen molar-refractivity contribution in [2.75, 3.05) is 5.73 Å². The minimum atomic E-state index is -1.54. The molecule has 2 N–H and O–H groups in total. The third kappa shape index (κ3) is 5.60. The van der Waals surface area contributed by atoms with Gasteiger partial charge in [-0.3, -0.25) is 10.1 Å². The lowest BCUT2D eigenvalue weighted by atomic mass is 10.0. The SMILES string of the molecule is CCCCCc1cc(C#C[Si](C)(C)C)c(N)c([N+](=O)[O-])c1. The average molecular weight is 304 g/mol. The molecule has 1 aromatic rings. The predicted octanol–water partition coefficient (Wildman–Crippen LogP) is 4.14. The molecular weight excluding hydrogens is 280 g/mol. The van der Waals surface area contributed by atoms with E-state index in [2.05, 4.69) is 38.0 Å². The maximum Gasteiger partial charge on any atom is 0.293 e. The zero-order valence-electron chi connectivity index (χ0n) is 13.3. The van der Waals surface area contributed by atoms with Crippen LogP contribution in [0.3, 0.4) is 0 Å². The number of hydrogen-bond acceptors (Lipinski definition) is 3. The van der Waals surface area contributed by atoms with Gasteiger partial charge in [0.2, 0.25) is 0 Å². The Bertz CT molecular complexity index is 580. The molecule has 0 heterocycles. The van der Waals surface area contributed by atoms with Crippen LogP contribution in [0.25, 0.3) is 0 Å². The van der Waals surface area contributed by atoms with E-state index in [0.29, 0.717) is 5.56 Å². The lowest BCUT2D eigenvalue weighted by Crippen LogP contribution is -2.16. The Labute approximate surface area is 127 Å². The second-order valence-electron chi connectivity index (χ2n) is 6.29. The van der Waals surface area contributed by atoms with Crippen molar-refractivity contribution in [2.45, 2.75) is 52.2 Å². The Morgan fingerprint density at radius 1 is 1.29 bits per heavy atom. The minimum absolute atomic E-state index is 0.0242. The first-order valence-electron chi connectivity index (χ1n) is 7.34. The van der Waals surface area contributed by atoms with Gasteiger partial charge in [-0.15, -0.1) is 5.54 Å². The normalized spacial score (nSPS) is 10.9. The van der Waals surface area contributed by atoms with E-state index in [9.17, 15) is 10.1 Å². The van der Waals surface area contributed by atoms with Crippen LogP contribution in [0.5, 0.6) is 0 Å². The average Bonchev–Trinajstić information content (AvgIpc) is 2.37. The largest absolute Gasteiger partial charge is 0.392 e. The highest BCUT2D eigenvalue weighted by atomic mass is 28.3. The Balaban J connectivity index is 3.21. The van der Waals surface area contributed by atoms with Crippen LogP contribution in [0.2, 0.25) is 19.6 Å². The molecule has 0 aliphatic carbocycles. The van der Waals surface area contributed by atoms with Gasteiger partial charge in [0.15, 0.2) is 0 Å². The minimum Gasteiger partial charge on any atom is -0.392 e. The number of aryl methyl sites for hydroxylation is 1. The highest BCUT2D eigenvalue weighted by molar-refractivity contribution is 6.83. The maximum absolute atomic E-state index is 11.1. The molecule has 0 radical (unpaired) electrons. The van der Waals surface area contributed by atoms with E-state index < -0.39 is 13.0 Å². The molecule has 0 spiro atoms. The second-order valence-corrected chi connectivity index (χ2v) is 11.0. The molecule has 0 saturated carbocycles. The molecule has 1 aromatic carbocycles. The van der Waals surface area contributed by atoms with Crippen molar-refractivity contribution >= 4 is 19.4 Å². The summed E-state index contributed by atoms with van der Waals surface area (Å²) in [5.74, 6) is 3.06. The lowest BCUT2D eigenvalue weighted by molar-refractivity contribution is -0.384. The van der Waals surface area contributed by atoms with Gasteiger partial charge in [0.05, 0.1) is 10.5 Å². The molecule has 114 valence electrons. The third-order valence-electron chi connectivity index (χ3n) is 3.06. The fraction of sp³-hybridized carbons (Fsp3) is 0.500. The van der Waals surface area contributed by atoms with Gasteiger partial charge in [0.25, 0.3) is 5.69 Å². The fourth-order valence-corrected chi connectivity index (χ4v) is 2.44. The van der Waals surface area contributed by atoms with Crippen LogP contribution in [0.15, 0.2) is 12.1 Å². The van der Waals surface area contributed by atoms with Crippen molar-refractivity contribution < 1.29 is 4.92 Å². The number of hydrogen-bond donors (Lipinski definition) is 1. The Kier molecular flexibility index (Phi) is 5.98. The van der Waals surface area contributed by atoms with Gasteiger partial charge in [-0.1, -0.05) is 45.3 Å². The van der Waals surface area contributed by atoms with E-state index in [1.54, 1.807) is 6.07 Å². The van der Waals surface area contributed by atoms with Crippen molar-refractivity contribution in [2.24, 2.45) is 0 Å². The molecule has 21 heavy (non-hydrogen) atoms. The Morgan fingerprint density at radius 2 is 1.95 bits per heavy atom. The summed E-state index contributed by atoms with van der Waals surface area (Å²) < 4.78 is 0. The van der Waals surface area contributed by atoms with Crippen molar-refractivity contribution in [1.29, 1.82) is 0 Å². The van der Waals surface area contributed by atoms with E-state index in [1.165, 1.54) is 0 Å². The summed E-state index contributed by atoms with van der Waals surface area (Å²) in [7, 11) is -1.54. The zero-order chi connectivity index (χ0) is 16.0. The Hall–Kier alpha value is -1.80. The van der Waals surface area contributed by atoms with Gasteiger partial charge in [-0.05, 0) is 24.5 Å². The summed E-state index contributed by atoms with van der Waals surface area (Å²) in [5.41, 5.74) is 10.8. The van der Waals surface area contributed by atoms with Crippen LogP contribution in [-0.2, 0) is 6.42 Å². The molecule has 0 amide bonds. The summed E-state index contributed by atoms with van der Waals surface area (Å²) in [6, 6.07) is 3.50. The van der Waals surface area contributed by atoms with Crippen LogP contribution in [0.4, 0.5) is 11.4 Å². The first-order valence-corrected chi connectivity index (χ1v) is 10.8. The van der Waals surface area contributed by atoms with Gasteiger partial charge in [-0.2, -0.15) is 0 Å². The number of rotatable bonds is 5. The standard InChI is InChI=1S/C16H24N2O2Si/c1-5-6-7-8-13-11-14(9-10-21(2,3)4)16(17)15(12-13)18(19)20/h11-12H,5-8,17H2,1-4H3. The molecule has 0 aliphatic heterocycles. The van der Waals surface area contributed by atoms with E-state index in [1.807, 2.05) is 6.07 Å². The van der Waals surface area contributed by atoms with Crippen molar-refractivity contribution in [3.63, 3.8) is 0 Å². The number of nitro groups is 1. The molecule has 0 atom stereocenters. The van der Waals surface area contributed by atoms with Crippen molar-refractivity contribution in [1.82, 2.24) is 0 Å². The van der Waals surface area contributed by atoms with Gasteiger partial charge >= 0.3 is 0 Å². The number of unbranched alkanes of at least 4 members (excludes halogenated alkanes) is 2. The lowest BCUT2D eigenvalue weighted by Gasteiger charge is -2.07.